The smallest absolute Gasteiger partial charge is 0.000740 e. The molecule has 0 radical (unpaired) electrons. The van der Waals surface area contributed by atoms with Crippen molar-refractivity contribution in [2.24, 2.45) is 0 Å². The van der Waals surface area contributed by atoms with Gasteiger partial charge in [0.15, 0.2) is 0 Å². The number of rotatable bonds is 4. The number of aryl methyl sites for hydroxylation is 4. The lowest BCUT2D eigenvalue weighted by molar-refractivity contribution is 1.45. The third kappa shape index (κ3) is 5.39. The molecule has 0 spiro atoms. The molecule has 378 valence electrons. The van der Waals surface area contributed by atoms with E-state index in [-0.39, 0.29) is 0 Å². The summed E-state index contributed by atoms with van der Waals surface area (Å²) in [6.07, 6.45) is 0. The molecular formula is C82H50. The second kappa shape index (κ2) is 15.8. The van der Waals surface area contributed by atoms with Crippen molar-refractivity contribution in [3.63, 3.8) is 0 Å². The molecule has 0 heteroatoms. The first-order chi connectivity index (χ1) is 40.4. The highest BCUT2D eigenvalue weighted by atomic mass is 14.4. The highest BCUT2D eigenvalue weighted by Crippen LogP contribution is 2.65. The van der Waals surface area contributed by atoms with Crippen molar-refractivity contribution >= 4 is 64.6 Å². The third-order valence-corrected chi connectivity index (χ3v) is 19.9. The Morgan fingerprint density at radius 1 is 0.159 bits per heavy atom. The predicted molar refractivity (Wildman–Crippen MR) is 350 cm³/mol. The minimum Gasteiger partial charge on any atom is -0.0622 e. The van der Waals surface area contributed by atoms with E-state index in [4.69, 9.17) is 0 Å². The van der Waals surface area contributed by atoms with Crippen LogP contribution < -0.4 is 0 Å². The first-order valence-corrected chi connectivity index (χ1v) is 29.1. The summed E-state index contributed by atoms with van der Waals surface area (Å²) in [4.78, 5) is 0. The van der Waals surface area contributed by atoms with Crippen molar-refractivity contribution in [2.75, 3.05) is 0 Å². The average molecular weight is 1040 g/mol. The maximum Gasteiger partial charge on any atom is -0.000740 e. The zero-order valence-electron chi connectivity index (χ0n) is 45.9. The quantitative estimate of drug-likeness (QED) is 0.154. The van der Waals surface area contributed by atoms with Crippen molar-refractivity contribution in [1.82, 2.24) is 0 Å². The van der Waals surface area contributed by atoms with Crippen molar-refractivity contribution < 1.29 is 0 Å². The van der Waals surface area contributed by atoms with E-state index < -0.39 is 0 Å². The molecule has 0 nitrogen and oxygen atoms in total. The molecule has 0 fully saturated rings. The van der Waals surface area contributed by atoms with E-state index in [1.807, 2.05) is 0 Å². The maximum atomic E-state index is 2.57. The van der Waals surface area contributed by atoms with E-state index in [0.29, 0.717) is 0 Å². The van der Waals surface area contributed by atoms with Crippen LogP contribution in [0.5, 0.6) is 0 Å². The van der Waals surface area contributed by atoms with E-state index >= 15 is 0 Å². The molecule has 0 aliphatic heterocycles. The molecule has 19 rings (SSSR count). The van der Waals surface area contributed by atoms with Gasteiger partial charge in [-0.2, -0.15) is 0 Å². The average Bonchev–Trinajstić information content (AvgIpc) is 3.89. The minimum absolute atomic E-state index is 1.25. The Balaban J connectivity index is 0.836. The molecule has 0 unspecified atom stereocenters. The maximum absolute atomic E-state index is 2.57. The second-order valence-electron chi connectivity index (χ2n) is 23.6. The SMILES string of the molecule is Cc1c2c(c(C)c3cc4c(C)c5c(c(C)c4cc13)-c1ccc3c4c(ccc-5c14)-c1c-3c(-c3ccccc3)c3ccccc3c1-c1ccccc1)-c1ccc3c4c(ccc-2c14)-c1c-3c(-c2ccccc2)c2ccccc2c1-c1ccccc1. The van der Waals surface area contributed by atoms with Crippen LogP contribution in [0.15, 0.2) is 231 Å². The Morgan fingerprint density at radius 3 is 0.549 bits per heavy atom. The molecule has 4 aliphatic carbocycles. The fourth-order valence-corrected chi connectivity index (χ4v) is 16.7. The molecule has 15 aromatic carbocycles. The molecule has 0 atom stereocenters. The summed E-state index contributed by atoms with van der Waals surface area (Å²) in [5.74, 6) is 0. The fraction of sp³-hybridized carbons (Fsp3) is 0.0488. The Bertz CT molecular complexity index is 4810. The van der Waals surface area contributed by atoms with Crippen LogP contribution in [0.2, 0.25) is 0 Å². The molecule has 0 saturated carbocycles. The minimum atomic E-state index is 1.25. The van der Waals surface area contributed by atoms with Gasteiger partial charge in [0, 0.05) is 0 Å². The largest absolute Gasteiger partial charge is 0.0622 e. The fourth-order valence-electron chi connectivity index (χ4n) is 16.7. The monoisotopic (exact) mass is 1030 g/mol. The molecule has 82 heavy (non-hydrogen) atoms. The molecule has 0 heterocycles. The van der Waals surface area contributed by atoms with E-state index in [1.165, 1.54) is 220 Å². The predicted octanol–water partition coefficient (Wildman–Crippen LogP) is 23.1. The van der Waals surface area contributed by atoms with Crippen LogP contribution in [0.1, 0.15) is 22.3 Å². The Labute approximate surface area is 475 Å². The Morgan fingerprint density at radius 2 is 0.341 bits per heavy atom. The normalized spacial score (nSPS) is 12.6. The topological polar surface area (TPSA) is 0 Å². The van der Waals surface area contributed by atoms with Crippen LogP contribution in [-0.2, 0) is 0 Å². The summed E-state index contributed by atoms with van der Waals surface area (Å²) < 4.78 is 0. The number of benzene rings is 15. The van der Waals surface area contributed by atoms with E-state index in [2.05, 4.69) is 258 Å². The van der Waals surface area contributed by atoms with Crippen LogP contribution in [-0.4, -0.2) is 0 Å². The van der Waals surface area contributed by atoms with Crippen molar-refractivity contribution in [3.8, 4) is 134 Å². The van der Waals surface area contributed by atoms with Gasteiger partial charge in [-0.3, -0.25) is 0 Å². The number of hydrogen-bond acceptors (Lipinski definition) is 0. The van der Waals surface area contributed by atoms with Gasteiger partial charge in [-0.05, 0) is 260 Å². The summed E-state index contributed by atoms with van der Waals surface area (Å²) in [5, 5.41) is 16.1. The second-order valence-corrected chi connectivity index (χ2v) is 23.6. The summed E-state index contributed by atoms with van der Waals surface area (Å²) in [7, 11) is 0. The van der Waals surface area contributed by atoms with Gasteiger partial charge in [0.2, 0.25) is 0 Å². The van der Waals surface area contributed by atoms with Crippen LogP contribution in [0.3, 0.4) is 0 Å². The number of fused-ring (bicyclic) bond motifs is 16. The number of hydrogen-bond donors (Lipinski definition) is 0. The van der Waals surface area contributed by atoms with Crippen molar-refractivity contribution in [1.29, 1.82) is 0 Å². The van der Waals surface area contributed by atoms with E-state index in [1.54, 1.807) is 0 Å². The van der Waals surface area contributed by atoms with Gasteiger partial charge in [-0.15, -0.1) is 0 Å². The first kappa shape index (κ1) is 44.7. The summed E-state index contributed by atoms with van der Waals surface area (Å²) in [6, 6.07) is 87.5. The summed E-state index contributed by atoms with van der Waals surface area (Å²) in [5.41, 5.74) is 37.4. The van der Waals surface area contributed by atoms with E-state index in [0.717, 1.165) is 0 Å². The van der Waals surface area contributed by atoms with Gasteiger partial charge < -0.3 is 0 Å². The lowest BCUT2D eigenvalue weighted by Crippen LogP contribution is -1.96. The highest BCUT2D eigenvalue weighted by molar-refractivity contribution is 6.36. The van der Waals surface area contributed by atoms with Gasteiger partial charge in [-0.1, -0.05) is 218 Å². The molecule has 0 bridgehead atoms. The molecule has 0 saturated heterocycles. The summed E-state index contributed by atoms with van der Waals surface area (Å²) >= 11 is 0. The molecule has 0 amide bonds. The molecule has 0 aromatic heterocycles. The summed E-state index contributed by atoms with van der Waals surface area (Å²) in [6.45, 7) is 9.61. The molecule has 4 aliphatic rings. The molecule has 15 aromatic rings. The van der Waals surface area contributed by atoms with E-state index in [9.17, 15) is 0 Å². The Kier molecular flexibility index (Phi) is 8.62. The van der Waals surface area contributed by atoms with Gasteiger partial charge in [0.05, 0.1) is 0 Å². The molecule has 0 N–H and O–H groups in total. The Hall–Kier alpha value is -10.1. The van der Waals surface area contributed by atoms with Crippen LogP contribution >= 0.6 is 0 Å². The van der Waals surface area contributed by atoms with Crippen molar-refractivity contribution in [3.05, 3.63) is 253 Å². The van der Waals surface area contributed by atoms with Crippen molar-refractivity contribution in [2.45, 2.75) is 27.7 Å². The lowest BCUT2D eigenvalue weighted by Gasteiger charge is -2.21. The van der Waals surface area contributed by atoms with Gasteiger partial charge >= 0.3 is 0 Å². The van der Waals surface area contributed by atoms with Crippen LogP contribution in [0.25, 0.3) is 198 Å². The highest BCUT2D eigenvalue weighted by Gasteiger charge is 2.38. The zero-order chi connectivity index (χ0) is 54.0. The van der Waals surface area contributed by atoms with Crippen LogP contribution in [0, 0.1) is 27.7 Å². The zero-order valence-corrected chi connectivity index (χ0v) is 45.9. The first-order valence-electron chi connectivity index (χ1n) is 29.1. The van der Waals surface area contributed by atoms with Crippen LogP contribution in [0.4, 0.5) is 0 Å². The molecular weight excluding hydrogens is 985 g/mol. The van der Waals surface area contributed by atoms with Gasteiger partial charge in [0.25, 0.3) is 0 Å². The van der Waals surface area contributed by atoms with Gasteiger partial charge in [0.1, 0.15) is 0 Å². The standard InChI is InChI=1S/C82H50/c1-43-63-41-65-45(3)69-57-35-39-61-78-62(82-74(50-27-15-8-16-28-50)54-32-20-19-31-53(54)73(81(61)82)49-25-13-7-14-26-49)40-36-58(76(57)78)70(69)46(4)66(65)42-64(63)44(2)68-56-34-38-60-77-59(37-33-55(67(43)68)75(56)77)79-71(47-21-9-5-10-22-47)51-29-17-18-30-52(51)72(80(60)79)48-23-11-6-12-24-48/h5-42H,1-4H3. The van der Waals surface area contributed by atoms with Gasteiger partial charge in [-0.25, -0.2) is 0 Å². The third-order valence-electron chi connectivity index (χ3n) is 19.9. The lowest BCUT2D eigenvalue weighted by atomic mass is 9.82.